The van der Waals surface area contributed by atoms with Crippen molar-refractivity contribution in [2.75, 3.05) is 0 Å². The third-order valence-electron chi connectivity index (χ3n) is 0.754. The van der Waals surface area contributed by atoms with Crippen molar-refractivity contribution in [3.8, 4) is 0 Å². The number of nitrogens with zero attached hydrogens (tertiary/aromatic N) is 3. The second-order valence-corrected chi connectivity index (χ2v) is 2.83. The van der Waals surface area contributed by atoms with Crippen molar-refractivity contribution in [1.82, 2.24) is 14.8 Å². The standard InChI is InChI=1S/C5H7Br2N3/c1-3(2)10-5(7)8-4(6)9-10/h3H,1-2H3/i1D3,2D3,3D. The Bertz CT molecular complexity index is 408. The molecule has 1 aromatic heterocycles. The van der Waals surface area contributed by atoms with Crippen molar-refractivity contribution in [3.05, 3.63) is 9.47 Å². The van der Waals surface area contributed by atoms with Crippen LogP contribution in [0.2, 0.25) is 0 Å². The van der Waals surface area contributed by atoms with Crippen LogP contribution in [0.25, 0.3) is 0 Å². The first-order valence-corrected chi connectivity index (χ1v) is 3.78. The molecule has 0 aliphatic carbocycles. The molecule has 0 aromatic carbocycles. The van der Waals surface area contributed by atoms with Crippen LogP contribution in [-0.4, -0.2) is 14.8 Å². The molecule has 0 N–H and O–H groups in total. The molecule has 0 radical (unpaired) electrons. The molecule has 0 bridgehead atoms. The highest BCUT2D eigenvalue weighted by atomic mass is 79.9. The summed E-state index contributed by atoms with van der Waals surface area (Å²) in [6.45, 7) is -6.18. The van der Waals surface area contributed by atoms with Crippen LogP contribution < -0.4 is 0 Å². The Labute approximate surface area is 85.9 Å². The Kier molecular flexibility index (Phi) is 0.859. The molecular formula is C5H7Br2N3. The van der Waals surface area contributed by atoms with Crippen LogP contribution in [0.4, 0.5) is 0 Å². The van der Waals surface area contributed by atoms with Gasteiger partial charge in [0.1, 0.15) is 0 Å². The van der Waals surface area contributed by atoms with E-state index in [2.05, 4.69) is 41.9 Å². The number of hydrogen-bond acceptors (Lipinski definition) is 2. The summed E-state index contributed by atoms with van der Waals surface area (Å²) >= 11 is 5.76. The van der Waals surface area contributed by atoms with Crippen molar-refractivity contribution in [3.63, 3.8) is 0 Å². The SMILES string of the molecule is [2H]C([2H])([2H])C([2H])(n1nc(Br)nc1Br)C([2H])([2H])[2H]. The Morgan fingerprint density at radius 2 is 2.40 bits per heavy atom. The van der Waals surface area contributed by atoms with Gasteiger partial charge in [0.15, 0.2) is 4.73 Å². The minimum Gasteiger partial charge on any atom is -0.237 e. The maximum absolute atomic E-state index is 7.80. The van der Waals surface area contributed by atoms with Gasteiger partial charge in [0.25, 0.3) is 0 Å². The van der Waals surface area contributed by atoms with Crippen molar-refractivity contribution >= 4 is 31.9 Å². The van der Waals surface area contributed by atoms with Gasteiger partial charge in [-0.05, 0) is 45.6 Å². The van der Waals surface area contributed by atoms with Crippen LogP contribution in [0.1, 0.15) is 29.3 Å². The fourth-order valence-electron chi connectivity index (χ4n) is 0.412. The maximum Gasteiger partial charge on any atom is 0.218 e. The molecule has 1 rings (SSSR count). The van der Waals surface area contributed by atoms with Gasteiger partial charge in [0.05, 0.1) is 1.37 Å². The second kappa shape index (κ2) is 3.00. The van der Waals surface area contributed by atoms with E-state index in [-0.39, 0.29) is 9.47 Å². The lowest BCUT2D eigenvalue weighted by Gasteiger charge is -2.03. The van der Waals surface area contributed by atoms with E-state index in [4.69, 9.17) is 9.60 Å². The number of halogens is 2. The molecule has 0 aliphatic rings. The lowest BCUT2D eigenvalue weighted by atomic mass is 10.4. The molecule has 1 heterocycles. The summed E-state index contributed by atoms with van der Waals surface area (Å²) in [7, 11) is 0. The molecule has 0 fully saturated rings. The van der Waals surface area contributed by atoms with E-state index in [0.29, 0.717) is 4.68 Å². The van der Waals surface area contributed by atoms with Crippen molar-refractivity contribution < 1.29 is 9.60 Å². The topological polar surface area (TPSA) is 30.7 Å². The Hall–Kier alpha value is 0.1000. The van der Waals surface area contributed by atoms with Gasteiger partial charge in [0, 0.05) is 14.2 Å². The lowest BCUT2D eigenvalue weighted by molar-refractivity contribution is 0.517. The highest BCUT2D eigenvalue weighted by molar-refractivity contribution is 9.11. The minimum absolute atomic E-state index is 0.00509. The molecule has 0 spiro atoms. The molecule has 0 aliphatic heterocycles. The monoisotopic (exact) mass is 274 g/mol. The molecule has 10 heavy (non-hydrogen) atoms. The first kappa shape index (κ1) is 2.86. The molecular weight excluding hydrogens is 262 g/mol. The molecule has 56 valence electrons. The van der Waals surface area contributed by atoms with E-state index in [9.17, 15) is 0 Å². The Morgan fingerprint density at radius 3 is 2.80 bits per heavy atom. The third-order valence-corrected chi connectivity index (χ3v) is 1.60. The van der Waals surface area contributed by atoms with Crippen LogP contribution in [0.3, 0.4) is 0 Å². The molecule has 0 saturated carbocycles. The largest absolute Gasteiger partial charge is 0.237 e. The van der Waals surface area contributed by atoms with Crippen LogP contribution >= 0.6 is 31.9 Å². The van der Waals surface area contributed by atoms with Gasteiger partial charge in [-0.25, -0.2) is 4.68 Å². The maximum atomic E-state index is 7.80. The summed E-state index contributed by atoms with van der Waals surface area (Å²) in [6.07, 6.45) is 0. The van der Waals surface area contributed by atoms with Gasteiger partial charge in [0.2, 0.25) is 4.73 Å². The predicted molar refractivity (Wildman–Crippen MR) is 45.8 cm³/mol. The Morgan fingerprint density at radius 1 is 1.70 bits per heavy atom. The van der Waals surface area contributed by atoms with Gasteiger partial charge >= 0.3 is 0 Å². The summed E-state index contributed by atoms with van der Waals surface area (Å²) in [5.74, 6) is 0. The van der Waals surface area contributed by atoms with Crippen molar-refractivity contribution in [1.29, 1.82) is 0 Å². The molecule has 1 aromatic rings. The van der Waals surface area contributed by atoms with Gasteiger partial charge < -0.3 is 0 Å². The van der Waals surface area contributed by atoms with E-state index < -0.39 is 19.7 Å². The van der Waals surface area contributed by atoms with E-state index in [1.54, 1.807) is 0 Å². The molecule has 3 nitrogen and oxygen atoms in total. The van der Waals surface area contributed by atoms with E-state index in [1.165, 1.54) is 0 Å². The van der Waals surface area contributed by atoms with Gasteiger partial charge in [-0.3, -0.25) is 0 Å². The van der Waals surface area contributed by atoms with Gasteiger partial charge in [-0.15, -0.1) is 5.10 Å². The average Bonchev–Trinajstić information content (AvgIpc) is 2.40. The van der Waals surface area contributed by atoms with Gasteiger partial charge in [-0.1, -0.05) is 0 Å². The zero-order valence-electron chi connectivity index (χ0n) is 11.6. The quantitative estimate of drug-likeness (QED) is 0.788. The van der Waals surface area contributed by atoms with Crippen LogP contribution in [0.5, 0.6) is 0 Å². The average molecular weight is 276 g/mol. The second-order valence-electron chi connectivity index (χ2n) is 1.41. The number of hydrogen-bond donors (Lipinski definition) is 0. The fraction of sp³-hybridized carbons (Fsp3) is 0.600. The van der Waals surface area contributed by atoms with Crippen molar-refractivity contribution in [2.45, 2.75) is 19.7 Å². The normalized spacial score (nSPS) is 24.8. The van der Waals surface area contributed by atoms with Crippen LogP contribution in [0.15, 0.2) is 9.47 Å². The molecule has 0 saturated heterocycles. The summed E-state index contributed by atoms with van der Waals surface area (Å²) in [5.41, 5.74) is 0. The first-order chi connectivity index (χ1) is 7.41. The summed E-state index contributed by atoms with van der Waals surface area (Å²) in [5, 5.41) is 3.58. The zero-order chi connectivity index (χ0) is 13.6. The van der Waals surface area contributed by atoms with Crippen LogP contribution in [0, 0.1) is 0 Å². The number of aromatic nitrogens is 3. The molecule has 5 heteroatoms. The first-order valence-electron chi connectivity index (χ1n) is 5.70. The highest BCUT2D eigenvalue weighted by Gasteiger charge is 2.06. The molecule has 0 atom stereocenters. The predicted octanol–water partition coefficient (Wildman–Crippen LogP) is 2.38. The minimum atomic E-state index is -3.09. The van der Waals surface area contributed by atoms with Crippen LogP contribution in [-0.2, 0) is 0 Å². The number of rotatable bonds is 1. The summed E-state index contributed by atoms with van der Waals surface area (Å²) in [6, 6.07) is -2.90. The van der Waals surface area contributed by atoms with E-state index >= 15 is 0 Å². The van der Waals surface area contributed by atoms with E-state index in [1.807, 2.05) is 0 Å². The van der Waals surface area contributed by atoms with Gasteiger partial charge in [-0.2, -0.15) is 4.98 Å². The zero-order valence-corrected chi connectivity index (χ0v) is 7.77. The molecule has 0 unspecified atom stereocenters. The van der Waals surface area contributed by atoms with Crippen molar-refractivity contribution in [2.24, 2.45) is 0 Å². The highest BCUT2D eigenvalue weighted by Crippen LogP contribution is 2.15. The summed E-state index contributed by atoms with van der Waals surface area (Å²) < 4.78 is 51.7. The smallest absolute Gasteiger partial charge is 0.218 e. The van der Waals surface area contributed by atoms with E-state index in [0.717, 1.165) is 0 Å². The Balaban J connectivity index is 3.52. The lowest BCUT2D eigenvalue weighted by Crippen LogP contribution is -2.02. The third kappa shape index (κ3) is 1.58. The fourth-order valence-corrected chi connectivity index (χ4v) is 1.40. The molecule has 0 amide bonds. The summed E-state index contributed by atoms with van der Waals surface area (Å²) in [4.78, 5) is 3.67.